The maximum absolute atomic E-state index is 2.61. The van der Waals surface area contributed by atoms with Gasteiger partial charge >= 0.3 is 0 Å². The van der Waals surface area contributed by atoms with Gasteiger partial charge in [0.1, 0.15) is 0 Å². The molecule has 0 atom stereocenters. The molecule has 0 unspecified atom stereocenters. The van der Waals surface area contributed by atoms with Crippen LogP contribution in [0.15, 0.2) is 30.3 Å². The molecule has 2 rings (SSSR count). The van der Waals surface area contributed by atoms with E-state index >= 15 is 0 Å². The van der Waals surface area contributed by atoms with E-state index in [1.807, 2.05) is 0 Å². The van der Waals surface area contributed by atoms with E-state index in [-0.39, 0.29) is 0 Å². The van der Waals surface area contributed by atoms with Crippen LogP contribution in [0.2, 0.25) is 0 Å². The van der Waals surface area contributed by atoms with Crippen molar-refractivity contribution in [2.75, 3.05) is 13.1 Å². The van der Waals surface area contributed by atoms with Crippen LogP contribution in [0, 0.1) is 11.3 Å². The number of rotatable bonds is 3. The molecule has 18 heavy (non-hydrogen) atoms. The molecule has 1 heteroatoms. The molecule has 1 saturated heterocycles. The Morgan fingerprint density at radius 2 is 1.67 bits per heavy atom. The average Bonchev–Trinajstić information content (AvgIpc) is 2.31. The number of nitrogens with zero attached hydrogens (tertiary/aromatic N) is 1. The van der Waals surface area contributed by atoms with Gasteiger partial charge < -0.3 is 0 Å². The van der Waals surface area contributed by atoms with Crippen LogP contribution in [0.1, 0.15) is 45.6 Å². The van der Waals surface area contributed by atoms with Gasteiger partial charge in [-0.25, -0.2) is 0 Å². The summed E-state index contributed by atoms with van der Waals surface area (Å²) in [5.41, 5.74) is 1.94. The molecule has 0 aromatic heterocycles. The molecule has 1 aliphatic rings. The third kappa shape index (κ3) is 4.45. The summed E-state index contributed by atoms with van der Waals surface area (Å²) >= 11 is 0. The van der Waals surface area contributed by atoms with Gasteiger partial charge in [0, 0.05) is 6.54 Å². The molecule has 0 radical (unpaired) electrons. The molecule has 1 heterocycles. The van der Waals surface area contributed by atoms with Crippen molar-refractivity contribution in [3.8, 4) is 0 Å². The normalized spacial score (nSPS) is 19.1. The van der Waals surface area contributed by atoms with E-state index in [0.717, 1.165) is 12.5 Å². The highest BCUT2D eigenvalue weighted by Gasteiger charge is 2.23. The predicted molar refractivity (Wildman–Crippen MR) is 78.5 cm³/mol. The summed E-state index contributed by atoms with van der Waals surface area (Å²) in [6.45, 7) is 10.8. The highest BCUT2D eigenvalue weighted by atomic mass is 15.1. The lowest BCUT2D eigenvalue weighted by molar-refractivity contribution is 0.147. The quantitative estimate of drug-likeness (QED) is 0.766. The molecule has 0 bridgehead atoms. The number of likely N-dealkylation sites (tertiary alicyclic amines) is 1. The zero-order chi connectivity index (χ0) is 13.0. The van der Waals surface area contributed by atoms with Gasteiger partial charge in [0.15, 0.2) is 0 Å². The fourth-order valence-corrected chi connectivity index (χ4v) is 3.06. The molecule has 1 aromatic carbocycles. The van der Waals surface area contributed by atoms with Crippen molar-refractivity contribution in [3.63, 3.8) is 0 Å². The van der Waals surface area contributed by atoms with Crippen molar-refractivity contribution in [3.05, 3.63) is 35.9 Å². The number of hydrogen-bond acceptors (Lipinski definition) is 1. The second kappa shape index (κ2) is 5.88. The fourth-order valence-electron chi connectivity index (χ4n) is 3.06. The first-order valence-corrected chi connectivity index (χ1v) is 7.29. The lowest BCUT2D eigenvalue weighted by atomic mass is 9.80. The molecule has 0 spiro atoms. The molecule has 1 fully saturated rings. The maximum Gasteiger partial charge on any atom is 0.0233 e. The van der Waals surface area contributed by atoms with Gasteiger partial charge in [-0.15, -0.1) is 0 Å². The second-order valence-corrected chi connectivity index (χ2v) is 6.97. The summed E-state index contributed by atoms with van der Waals surface area (Å²) in [5.74, 6) is 0.942. The number of hydrogen-bond donors (Lipinski definition) is 0. The minimum atomic E-state index is 0.492. The highest BCUT2D eigenvalue weighted by Crippen LogP contribution is 2.31. The molecular formula is C17H27N. The number of piperidine rings is 1. The van der Waals surface area contributed by atoms with Crippen LogP contribution in [0.3, 0.4) is 0 Å². The van der Waals surface area contributed by atoms with E-state index in [1.54, 1.807) is 0 Å². The van der Waals surface area contributed by atoms with Crippen LogP contribution >= 0.6 is 0 Å². The largest absolute Gasteiger partial charge is 0.299 e. The summed E-state index contributed by atoms with van der Waals surface area (Å²) < 4.78 is 0. The first-order chi connectivity index (χ1) is 8.53. The zero-order valence-electron chi connectivity index (χ0n) is 12.2. The summed E-state index contributed by atoms with van der Waals surface area (Å²) in [7, 11) is 0. The van der Waals surface area contributed by atoms with Crippen LogP contribution < -0.4 is 0 Å². The van der Waals surface area contributed by atoms with Crippen LogP contribution in [-0.4, -0.2) is 18.0 Å². The molecule has 0 amide bonds. The first kappa shape index (κ1) is 13.6. The standard InChI is InChI=1S/C17H27N/c1-17(2,3)13-15-9-11-18(12-10-15)14-16-7-5-4-6-8-16/h4-8,15H,9-14H2,1-3H3. The first-order valence-electron chi connectivity index (χ1n) is 7.29. The molecule has 1 aliphatic heterocycles. The topological polar surface area (TPSA) is 3.24 Å². The second-order valence-electron chi connectivity index (χ2n) is 6.97. The minimum Gasteiger partial charge on any atom is -0.299 e. The van der Waals surface area contributed by atoms with E-state index in [9.17, 15) is 0 Å². The van der Waals surface area contributed by atoms with Gasteiger partial charge in [-0.3, -0.25) is 4.90 Å². The molecular weight excluding hydrogens is 218 g/mol. The van der Waals surface area contributed by atoms with Crippen LogP contribution in [0.5, 0.6) is 0 Å². The van der Waals surface area contributed by atoms with E-state index in [1.165, 1.54) is 37.9 Å². The van der Waals surface area contributed by atoms with E-state index in [2.05, 4.69) is 56.0 Å². The lowest BCUT2D eigenvalue weighted by Crippen LogP contribution is -2.34. The molecule has 0 N–H and O–H groups in total. The van der Waals surface area contributed by atoms with Gasteiger partial charge in [0.05, 0.1) is 0 Å². The molecule has 0 aliphatic carbocycles. The van der Waals surface area contributed by atoms with Crippen molar-refractivity contribution in [2.45, 2.75) is 46.6 Å². The van der Waals surface area contributed by atoms with E-state index in [4.69, 9.17) is 0 Å². The smallest absolute Gasteiger partial charge is 0.0233 e. The van der Waals surface area contributed by atoms with Gasteiger partial charge in [0.25, 0.3) is 0 Å². The van der Waals surface area contributed by atoms with Crippen molar-refractivity contribution in [2.24, 2.45) is 11.3 Å². The van der Waals surface area contributed by atoms with Crippen molar-refractivity contribution >= 4 is 0 Å². The Balaban J connectivity index is 1.77. The number of benzene rings is 1. The van der Waals surface area contributed by atoms with Gasteiger partial charge in [-0.05, 0) is 49.2 Å². The Morgan fingerprint density at radius 3 is 2.22 bits per heavy atom. The van der Waals surface area contributed by atoms with Crippen LogP contribution in [-0.2, 0) is 6.54 Å². The van der Waals surface area contributed by atoms with Gasteiger partial charge in [-0.2, -0.15) is 0 Å². The summed E-state index contributed by atoms with van der Waals surface area (Å²) in [4.78, 5) is 2.61. The van der Waals surface area contributed by atoms with Gasteiger partial charge in [-0.1, -0.05) is 51.1 Å². The van der Waals surface area contributed by atoms with Crippen molar-refractivity contribution in [1.82, 2.24) is 4.90 Å². The lowest BCUT2D eigenvalue weighted by Gasteiger charge is -2.35. The summed E-state index contributed by atoms with van der Waals surface area (Å²) in [5, 5.41) is 0. The highest BCUT2D eigenvalue weighted by molar-refractivity contribution is 5.14. The van der Waals surface area contributed by atoms with Crippen molar-refractivity contribution < 1.29 is 0 Å². The van der Waals surface area contributed by atoms with E-state index in [0.29, 0.717) is 5.41 Å². The minimum absolute atomic E-state index is 0.492. The molecule has 1 aromatic rings. The molecule has 0 saturated carbocycles. The predicted octanol–water partition coefficient (Wildman–Crippen LogP) is 4.33. The maximum atomic E-state index is 2.61. The van der Waals surface area contributed by atoms with E-state index < -0.39 is 0 Å². The third-order valence-electron chi connectivity index (χ3n) is 3.86. The monoisotopic (exact) mass is 245 g/mol. The Hall–Kier alpha value is -0.820. The van der Waals surface area contributed by atoms with Crippen molar-refractivity contribution in [1.29, 1.82) is 0 Å². The van der Waals surface area contributed by atoms with Gasteiger partial charge in [0.2, 0.25) is 0 Å². The summed E-state index contributed by atoms with van der Waals surface area (Å²) in [6.07, 6.45) is 4.14. The Morgan fingerprint density at radius 1 is 1.06 bits per heavy atom. The average molecular weight is 245 g/mol. The van der Waals surface area contributed by atoms with Crippen LogP contribution in [0.25, 0.3) is 0 Å². The fraction of sp³-hybridized carbons (Fsp3) is 0.647. The molecule has 100 valence electrons. The van der Waals surface area contributed by atoms with Crippen LogP contribution in [0.4, 0.5) is 0 Å². The SMILES string of the molecule is CC(C)(C)CC1CCN(Cc2ccccc2)CC1. The summed E-state index contributed by atoms with van der Waals surface area (Å²) in [6, 6.07) is 10.9. The Kier molecular flexibility index (Phi) is 4.45. The third-order valence-corrected chi connectivity index (χ3v) is 3.86. The molecule has 1 nitrogen and oxygen atoms in total. The zero-order valence-corrected chi connectivity index (χ0v) is 12.2. The Labute approximate surface area is 112 Å². The Bertz CT molecular complexity index is 342.